The maximum atomic E-state index is 10.6. The molecule has 8 nitrogen and oxygen atoms in total. The van der Waals surface area contributed by atoms with Crippen LogP contribution >= 0.6 is 0 Å². The smallest absolute Gasteiger partial charge is 0.370 e. The summed E-state index contributed by atoms with van der Waals surface area (Å²) in [6.45, 7) is 0.434. The van der Waals surface area contributed by atoms with Crippen LogP contribution in [0.15, 0.2) is 6.33 Å². The summed E-state index contributed by atoms with van der Waals surface area (Å²) in [4.78, 5) is 24.1. The molecule has 3 N–H and O–H groups in total. The molecule has 0 saturated heterocycles. The van der Waals surface area contributed by atoms with Gasteiger partial charge in [-0.05, 0) is 16.3 Å². The van der Waals surface area contributed by atoms with Gasteiger partial charge in [0.1, 0.15) is 0 Å². The fourth-order valence-electron chi connectivity index (χ4n) is 1.22. The minimum Gasteiger partial charge on any atom is -0.370 e. The van der Waals surface area contributed by atoms with Crippen molar-refractivity contribution in [3.8, 4) is 0 Å². The van der Waals surface area contributed by atoms with Gasteiger partial charge < -0.3 is 21.2 Å². The van der Waals surface area contributed by atoms with Gasteiger partial charge in [0.25, 0.3) is 0 Å². The van der Waals surface area contributed by atoms with E-state index in [0.29, 0.717) is 18.8 Å². The maximum Gasteiger partial charge on any atom is 0.406 e. The van der Waals surface area contributed by atoms with E-state index in [1.165, 1.54) is 10.9 Å². The van der Waals surface area contributed by atoms with Gasteiger partial charge in [-0.25, -0.2) is 0 Å². The van der Waals surface area contributed by atoms with Crippen molar-refractivity contribution in [1.29, 1.82) is 0 Å². The van der Waals surface area contributed by atoms with Crippen LogP contribution in [-0.2, 0) is 11.8 Å². The number of aryl methyl sites for hydroxylation is 1. The number of hydrogen-bond acceptors (Lipinski definition) is 5. The molecule has 1 aromatic heterocycles. The monoisotopic (exact) mass is 227 g/mol. The maximum absolute atomic E-state index is 10.6. The van der Waals surface area contributed by atoms with Gasteiger partial charge in [0.2, 0.25) is 18.1 Å². The van der Waals surface area contributed by atoms with Crippen LogP contribution in [0.25, 0.3) is 0 Å². The van der Waals surface area contributed by atoms with Gasteiger partial charge in [0.15, 0.2) is 0 Å². The lowest BCUT2D eigenvalue weighted by Gasteiger charge is -2.04. The van der Waals surface area contributed by atoms with E-state index in [1.807, 2.05) is 0 Å². The molecule has 0 fully saturated rings. The van der Waals surface area contributed by atoms with Gasteiger partial charge in [0, 0.05) is 20.0 Å². The summed E-state index contributed by atoms with van der Waals surface area (Å²) in [6.07, 6.45) is 2.13. The molecule has 0 radical (unpaired) electrons. The Morgan fingerprint density at radius 2 is 2.44 bits per heavy atom. The number of nitrogens with one attached hydrogen (secondary N) is 1. The largest absolute Gasteiger partial charge is 0.406 e. The standard InChI is InChI=1S/C8H13N5O3/c1-12-5-11-8(13(15)16)7(12)10-4-2-3-6(9)14/h5,10H,2-4H2,1H3,(H2,9,14). The van der Waals surface area contributed by atoms with Gasteiger partial charge in [-0.15, -0.1) is 0 Å². The van der Waals surface area contributed by atoms with E-state index in [2.05, 4.69) is 10.3 Å². The van der Waals surface area contributed by atoms with Crippen LogP contribution in [0.3, 0.4) is 0 Å². The van der Waals surface area contributed by atoms with Crippen LogP contribution in [0.1, 0.15) is 12.8 Å². The first kappa shape index (κ1) is 12.0. The number of carbonyl (C=O) groups is 1. The number of imidazole rings is 1. The number of hydrogen-bond donors (Lipinski definition) is 2. The summed E-state index contributed by atoms with van der Waals surface area (Å²) in [7, 11) is 1.65. The van der Waals surface area contributed by atoms with E-state index in [9.17, 15) is 14.9 Å². The van der Waals surface area contributed by atoms with Crippen molar-refractivity contribution in [1.82, 2.24) is 9.55 Å². The summed E-state index contributed by atoms with van der Waals surface area (Å²) >= 11 is 0. The topological polar surface area (TPSA) is 116 Å². The lowest BCUT2D eigenvalue weighted by Crippen LogP contribution is -2.13. The Hall–Kier alpha value is -2.12. The van der Waals surface area contributed by atoms with Crippen molar-refractivity contribution in [2.24, 2.45) is 12.8 Å². The fraction of sp³-hybridized carbons (Fsp3) is 0.500. The summed E-state index contributed by atoms with van der Waals surface area (Å²) in [6, 6.07) is 0. The molecule has 1 aromatic rings. The van der Waals surface area contributed by atoms with Crippen LogP contribution in [0.5, 0.6) is 0 Å². The molecule has 1 rings (SSSR count). The Labute approximate surface area is 91.6 Å². The molecule has 1 amide bonds. The van der Waals surface area contributed by atoms with Crippen molar-refractivity contribution >= 4 is 17.5 Å². The van der Waals surface area contributed by atoms with E-state index < -0.39 is 4.92 Å². The van der Waals surface area contributed by atoms with Crippen molar-refractivity contribution in [3.05, 3.63) is 16.4 Å². The second-order valence-corrected chi connectivity index (χ2v) is 3.28. The van der Waals surface area contributed by atoms with E-state index >= 15 is 0 Å². The quantitative estimate of drug-likeness (QED) is 0.403. The Bertz CT molecular complexity index is 400. The van der Waals surface area contributed by atoms with Crippen LogP contribution < -0.4 is 11.1 Å². The van der Waals surface area contributed by atoms with Crippen molar-refractivity contribution in [2.45, 2.75) is 12.8 Å². The molecule has 0 bridgehead atoms. The number of carbonyl (C=O) groups excluding carboxylic acids is 1. The number of nitro groups is 1. The van der Waals surface area contributed by atoms with Gasteiger partial charge >= 0.3 is 5.82 Å². The van der Waals surface area contributed by atoms with Crippen LogP contribution in [0, 0.1) is 10.1 Å². The average molecular weight is 227 g/mol. The minimum atomic E-state index is -0.559. The van der Waals surface area contributed by atoms with E-state index in [1.54, 1.807) is 7.05 Å². The number of anilines is 1. The number of amides is 1. The summed E-state index contributed by atoms with van der Waals surface area (Å²) < 4.78 is 1.52. The molecule has 0 aliphatic heterocycles. The Morgan fingerprint density at radius 3 is 3.00 bits per heavy atom. The zero-order valence-corrected chi connectivity index (χ0v) is 8.84. The summed E-state index contributed by atoms with van der Waals surface area (Å²) in [5, 5.41) is 13.4. The normalized spacial score (nSPS) is 10.1. The van der Waals surface area contributed by atoms with E-state index in [4.69, 9.17) is 5.73 Å². The molecule has 88 valence electrons. The second kappa shape index (κ2) is 5.10. The molecule has 0 aliphatic carbocycles. The summed E-state index contributed by atoms with van der Waals surface area (Å²) in [5.74, 6) is -0.280. The van der Waals surface area contributed by atoms with Crippen molar-refractivity contribution < 1.29 is 9.72 Å². The zero-order valence-electron chi connectivity index (χ0n) is 8.84. The first-order valence-electron chi connectivity index (χ1n) is 4.70. The zero-order chi connectivity index (χ0) is 12.1. The number of nitrogens with zero attached hydrogens (tertiary/aromatic N) is 3. The SMILES string of the molecule is Cn1cnc([N+](=O)[O-])c1NCCCC(N)=O. The van der Waals surface area contributed by atoms with E-state index in [0.717, 1.165) is 0 Å². The summed E-state index contributed by atoms with van der Waals surface area (Å²) in [5.41, 5.74) is 4.97. The van der Waals surface area contributed by atoms with Gasteiger partial charge in [0.05, 0.1) is 0 Å². The Balaban J connectivity index is 2.56. The third-order valence-corrected chi connectivity index (χ3v) is 1.98. The lowest BCUT2D eigenvalue weighted by molar-refractivity contribution is -0.388. The molecule has 16 heavy (non-hydrogen) atoms. The number of nitrogens with two attached hydrogens (primary N) is 1. The molecule has 8 heteroatoms. The predicted molar refractivity (Wildman–Crippen MR) is 56.8 cm³/mol. The molecule has 0 unspecified atom stereocenters. The molecule has 0 atom stereocenters. The number of aromatic nitrogens is 2. The van der Waals surface area contributed by atoms with Gasteiger partial charge in [-0.1, -0.05) is 0 Å². The molecule has 0 spiro atoms. The minimum absolute atomic E-state index is 0.221. The highest BCUT2D eigenvalue weighted by molar-refractivity contribution is 5.73. The van der Waals surface area contributed by atoms with Crippen molar-refractivity contribution in [3.63, 3.8) is 0 Å². The molecular formula is C8H13N5O3. The predicted octanol–water partition coefficient (Wildman–Crippen LogP) is 0.00570. The first-order valence-corrected chi connectivity index (χ1v) is 4.70. The van der Waals surface area contributed by atoms with Crippen molar-refractivity contribution in [2.75, 3.05) is 11.9 Å². The third kappa shape index (κ3) is 2.94. The lowest BCUT2D eigenvalue weighted by atomic mass is 10.3. The Kier molecular flexibility index (Phi) is 3.81. The number of rotatable bonds is 6. The van der Waals surface area contributed by atoms with Crippen LogP contribution in [-0.4, -0.2) is 26.9 Å². The highest BCUT2D eigenvalue weighted by Gasteiger charge is 2.19. The first-order chi connectivity index (χ1) is 7.52. The Morgan fingerprint density at radius 1 is 1.75 bits per heavy atom. The third-order valence-electron chi connectivity index (χ3n) is 1.98. The molecule has 0 aromatic carbocycles. The molecule has 0 saturated carbocycles. The molecule has 1 heterocycles. The van der Waals surface area contributed by atoms with Crippen LogP contribution in [0.2, 0.25) is 0 Å². The van der Waals surface area contributed by atoms with Crippen LogP contribution in [0.4, 0.5) is 11.6 Å². The number of primary amides is 1. The molecular weight excluding hydrogens is 214 g/mol. The second-order valence-electron chi connectivity index (χ2n) is 3.28. The van der Waals surface area contributed by atoms with E-state index in [-0.39, 0.29) is 18.1 Å². The highest BCUT2D eigenvalue weighted by atomic mass is 16.6. The highest BCUT2D eigenvalue weighted by Crippen LogP contribution is 2.20. The molecule has 0 aliphatic rings. The van der Waals surface area contributed by atoms with Gasteiger partial charge in [-0.2, -0.15) is 0 Å². The van der Waals surface area contributed by atoms with Gasteiger partial charge in [-0.3, -0.25) is 9.36 Å². The fourth-order valence-corrected chi connectivity index (χ4v) is 1.22. The average Bonchev–Trinajstić information content (AvgIpc) is 2.54.